The number of aromatic nitrogens is 2. The topological polar surface area (TPSA) is 326 Å². The second-order valence-electron chi connectivity index (χ2n) is 22.5. The summed E-state index contributed by atoms with van der Waals surface area (Å²) in [5.74, 6) is -0.300. The van der Waals surface area contributed by atoms with Crippen LogP contribution in [-0.2, 0) is 37.5 Å². The maximum Gasteiger partial charge on any atom is 0.469 e. The normalized spacial score (nSPS) is 19.4. The van der Waals surface area contributed by atoms with Crippen molar-refractivity contribution >= 4 is 39.4 Å². The van der Waals surface area contributed by atoms with Gasteiger partial charge >= 0.3 is 39.2 Å². The van der Waals surface area contributed by atoms with E-state index in [9.17, 15) is 53.4 Å². The van der Waals surface area contributed by atoms with Crippen molar-refractivity contribution in [2.45, 2.75) is 294 Å². The number of amides is 2. The van der Waals surface area contributed by atoms with Crippen LogP contribution in [-0.4, -0.2) is 130 Å². The third kappa shape index (κ3) is 32.7. The summed E-state index contributed by atoms with van der Waals surface area (Å²) < 4.78 is 44.8. The highest BCUT2D eigenvalue weighted by molar-refractivity contribution is 7.50. The van der Waals surface area contributed by atoms with Crippen LogP contribution < -0.4 is 16.3 Å². The van der Waals surface area contributed by atoms with E-state index < -0.39 is 64.5 Å². The molecule has 5 atom stereocenters. The zero-order chi connectivity index (χ0) is 59.1. The number of nitrogens with one attached hydrogen (secondary N) is 2. The van der Waals surface area contributed by atoms with Gasteiger partial charge in [0.1, 0.15) is 30.7 Å². The second kappa shape index (κ2) is 42.7. The van der Waals surface area contributed by atoms with Crippen LogP contribution in [0.15, 0.2) is 17.1 Å². The highest BCUT2D eigenvalue weighted by Gasteiger charge is 2.45. The molecule has 0 aromatic carbocycles. The molecule has 1 unspecified atom stereocenters. The molecule has 2 amide bonds. The number of rotatable bonds is 42. The molecule has 2 saturated carbocycles. The number of nitrogens with zero attached hydrogens (tertiary/aromatic N) is 3. The van der Waals surface area contributed by atoms with E-state index in [2.05, 4.69) is 27.1 Å². The van der Waals surface area contributed by atoms with E-state index in [1.54, 1.807) is 6.07 Å². The van der Waals surface area contributed by atoms with Gasteiger partial charge in [-0.2, -0.15) is 4.98 Å². The minimum atomic E-state index is -4.80. The smallest absolute Gasteiger partial charge is 0.462 e. The predicted octanol–water partition coefficient (Wildman–Crippen LogP) is 10.5. The van der Waals surface area contributed by atoms with Gasteiger partial charge < -0.3 is 59.7 Å². The Balaban J connectivity index is 0.000000715. The van der Waals surface area contributed by atoms with E-state index in [4.69, 9.17) is 24.0 Å². The molecule has 4 rings (SSSR count). The average Bonchev–Trinajstić information content (AvgIpc) is 3.82. The summed E-state index contributed by atoms with van der Waals surface area (Å²) >= 11 is 0. The Morgan fingerprint density at radius 1 is 0.691 bits per heavy atom. The molecular weight excluding hydrogens is 1090 g/mol. The molecular formula is C57H105N5O17P2. The first-order chi connectivity index (χ1) is 38.9. The van der Waals surface area contributed by atoms with Crippen molar-refractivity contribution < 1.29 is 77.1 Å². The third-order valence-corrected chi connectivity index (χ3v) is 17.0. The molecule has 2 aliphatic carbocycles. The molecule has 3 fully saturated rings. The Morgan fingerprint density at radius 2 is 1.17 bits per heavy atom. The number of phosphoric acid groups is 1. The molecule has 0 radical (unpaired) electrons. The zero-order valence-electron chi connectivity index (χ0n) is 48.8. The predicted molar refractivity (Wildman–Crippen MR) is 310 cm³/mol. The quantitative estimate of drug-likeness (QED) is 0.0167. The summed E-state index contributed by atoms with van der Waals surface area (Å²) in [4.78, 5) is 90.0. The molecule has 81 heavy (non-hydrogen) atoms. The zero-order valence-corrected chi connectivity index (χ0v) is 50.6. The van der Waals surface area contributed by atoms with Crippen LogP contribution in [0.5, 0.6) is 0 Å². The average molecular weight is 1190 g/mol. The van der Waals surface area contributed by atoms with Crippen molar-refractivity contribution in [1.82, 2.24) is 19.5 Å². The summed E-state index contributed by atoms with van der Waals surface area (Å²) in [7, 11) is -9.35. The van der Waals surface area contributed by atoms with Crippen molar-refractivity contribution in [1.29, 1.82) is 0 Å². The number of esters is 2. The van der Waals surface area contributed by atoms with Gasteiger partial charge in [-0.05, 0) is 51.0 Å². The molecule has 24 heteroatoms. The van der Waals surface area contributed by atoms with Crippen molar-refractivity contribution in [2.24, 2.45) is 0 Å². The first kappa shape index (κ1) is 72.2. The second-order valence-corrected chi connectivity index (χ2v) is 25.2. The number of hydrogen-bond donors (Lipinski definition) is 9. The number of hydrogen-bond acceptors (Lipinski definition) is 15. The number of carbonyl (C=O) groups is 3. The van der Waals surface area contributed by atoms with Crippen LogP contribution in [0.4, 0.5) is 10.6 Å². The fraction of sp³-hybridized carbons (Fsp3) is 0.877. The van der Waals surface area contributed by atoms with Crippen molar-refractivity contribution in [3.8, 4) is 0 Å². The van der Waals surface area contributed by atoms with Gasteiger partial charge in [-0.25, -0.2) is 23.4 Å². The van der Waals surface area contributed by atoms with Crippen LogP contribution in [0, 0.1) is 0 Å². The number of urea groups is 1. The molecule has 0 spiro atoms. The van der Waals surface area contributed by atoms with Crippen LogP contribution >= 0.6 is 15.6 Å². The lowest BCUT2D eigenvalue weighted by Gasteiger charge is -2.35. The number of anilines is 1. The lowest BCUT2D eigenvalue weighted by Crippen LogP contribution is -2.48. The molecule has 0 bridgehead atoms. The Bertz CT molecular complexity index is 2000. The molecule has 2 heterocycles. The molecule has 1 aliphatic heterocycles. The highest BCUT2D eigenvalue weighted by Crippen LogP contribution is 2.45. The monoisotopic (exact) mass is 1190 g/mol. The first-order valence-electron chi connectivity index (χ1n) is 31.1. The van der Waals surface area contributed by atoms with E-state index in [1.807, 2.05) is 0 Å². The van der Waals surface area contributed by atoms with Gasteiger partial charge in [-0.1, -0.05) is 193 Å². The molecule has 22 nitrogen and oxygen atoms in total. The number of ether oxygens (including phenoxy) is 3. The fourth-order valence-electron chi connectivity index (χ4n) is 10.8. The summed E-state index contributed by atoms with van der Waals surface area (Å²) in [5, 5.41) is 36.0. The van der Waals surface area contributed by atoms with Crippen molar-refractivity contribution in [3.63, 3.8) is 0 Å². The van der Waals surface area contributed by atoms with Gasteiger partial charge in [0.05, 0.1) is 13.2 Å². The van der Waals surface area contributed by atoms with Gasteiger partial charge in [0, 0.05) is 37.7 Å². The van der Waals surface area contributed by atoms with Gasteiger partial charge in [0.2, 0.25) is 0 Å². The third-order valence-electron chi connectivity index (χ3n) is 15.5. The molecule has 9 N–H and O–H groups in total. The fourth-order valence-corrected chi connectivity index (χ4v) is 12.0. The van der Waals surface area contributed by atoms with Crippen molar-refractivity contribution in [2.75, 3.05) is 31.7 Å². The highest BCUT2D eigenvalue weighted by atomic mass is 31.2. The summed E-state index contributed by atoms with van der Waals surface area (Å²) in [6.45, 7) is 1.75. The summed E-state index contributed by atoms with van der Waals surface area (Å²) in [5.41, 5.74) is -0.712. The van der Waals surface area contributed by atoms with E-state index in [0.29, 0.717) is 38.0 Å². The van der Waals surface area contributed by atoms with E-state index in [-0.39, 0.29) is 37.2 Å². The number of aliphatic hydroxyl groups is 3. The van der Waals surface area contributed by atoms with Gasteiger partial charge in [-0.3, -0.25) is 18.7 Å². The molecule has 470 valence electrons. The Morgan fingerprint density at radius 3 is 1.65 bits per heavy atom. The molecule has 1 saturated heterocycles. The minimum absolute atomic E-state index is 0.0638. The lowest BCUT2D eigenvalue weighted by atomic mass is 9.95. The number of phosphoric ester groups is 1. The standard InChI is InChI=1S/C44H80N3O13P.C13H25N2O4P/c1-2-3-4-5-6-7-8-10-13-16-19-22-25-28-39(49)57-34-36(33-48)59-40(50)29-26-23-20-17-14-11-9-12-15-18-21-24-27-31-45-38-30-32-47(44(53)46-38)43-42(52)41(51)37(60-43)35-58-61(54,55)56;16-13(14-11-7-3-1-4-8-11)15(20(17,18)19)12-9-5-2-6-10-12/h30,32,36-37,41-43,48,51-52H,2-29,31,33-35H2,1H3,(H,45,46,53)(H2,54,55,56);11-12H,1-10H2,(H,14,16)(H2,17,18,19)/t36?,37-,41-,42+,43+;/m1./s1. The first-order valence-corrected chi connectivity index (χ1v) is 34.2. The SMILES string of the molecule is CCCCCCCCCCCCCCCC(=O)OCC(CO)OC(=O)CCCCCCCCCCCCCCCNc1ccn([C@H]2O[C@H](COP(=O)(O)O)[C@@H](O)[C@@H]2O)c(=O)n1.O=C(NC1CCCCC1)N(C1CCCCC1)P(=O)(O)O. The largest absolute Gasteiger partial charge is 0.469 e. The summed E-state index contributed by atoms with van der Waals surface area (Å²) in [6, 6.07) is 0.706. The molecule has 3 aliphatic rings. The summed E-state index contributed by atoms with van der Waals surface area (Å²) in [6.07, 6.45) is 35.4. The number of carbonyl (C=O) groups excluding carboxylic acids is 3. The van der Waals surface area contributed by atoms with E-state index in [1.165, 1.54) is 115 Å². The van der Waals surface area contributed by atoms with Crippen LogP contribution in [0.1, 0.15) is 257 Å². The Kier molecular flexibility index (Phi) is 38.1. The maximum atomic E-state index is 12.6. The van der Waals surface area contributed by atoms with E-state index in [0.717, 1.165) is 118 Å². The Labute approximate surface area is 482 Å². The van der Waals surface area contributed by atoms with Gasteiger partial charge in [0.25, 0.3) is 0 Å². The van der Waals surface area contributed by atoms with Crippen LogP contribution in [0.25, 0.3) is 0 Å². The maximum absolute atomic E-state index is 12.6. The Hall–Kier alpha value is -3.01. The van der Waals surface area contributed by atoms with Crippen LogP contribution in [0.2, 0.25) is 0 Å². The molecule has 1 aromatic heterocycles. The minimum Gasteiger partial charge on any atom is -0.462 e. The van der Waals surface area contributed by atoms with Crippen molar-refractivity contribution in [3.05, 3.63) is 22.7 Å². The van der Waals surface area contributed by atoms with Crippen LogP contribution in [0.3, 0.4) is 0 Å². The van der Waals surface area contributed by atoms with Gasteiger partial charge in [-0.15, -0.1) is 0 Å². The van der Waals surface area contributed by atoms with Gasteiger partial charge in [0.15, 0.2) is 12.3 Å². The number of unbranched alkanes of at least 4 members (excludes halogenated alkanes) is 24. The van der Waals surface area contributed by atoms with E-state index >= 15 is 0 Å². The molecule has 1 aromatic rings. The lowest BCUT2D eigenvalue weighted by molar-refractivity contribution is -0.161. The number of aliphatic hydroxyl groups excluding tert-OH is 3.